The molecule has 0 aliphatic rings. The van der Waals surface area contributed by atoms with E-state index < -0.39 is 11.7 Å². The second kappa shape index (κ2) is 5.00. The van der Waals surface area contributed by atoms with Crippen LogP contribution in [0.25, 0.3) is 5.69 Å². The smallest absolute Gasteiger partial charge is 0.248 e. The molecule has 0 aliphatic carbocycles. The van der Waals surface area contributed by atoms with Crippen LogP contribution in [0.1, 0.15) is 29.5 Å². The van der Waals surface area contributed by atoms with E-state index in [-0.39, 0.29) is 5.56 Å². The van der Waals surface area contributed by atoms with Crippen molar-refractivity contribution in [2.45, 2.75) is 19.8 Å². The minimum absolute atomic E-state index is 0.161. The highest BCUT2D eigenvalue weighted by Crippen LogP contribution is 2.17. The number of primary amides is 1. The van der Waals surface area contributed by atoms with Crippen LogP contribution < -0.4 is 5.73 Å². The first-order valence-electron chi connectivity index (χ1n) is 5.75. The van der Waals surface area contributed by atoms with E-state index in [1.807, 2.05) is 6.92 Å². The minimum atomic E-state index is -0.639. The molecule has 5 heteroatoms. The third-order valence-electron chi connectivity index (χ3n) is 2.68. The molecule has 0 atom stereocenters. The highest BCUT2D eigenvalue weighted by molar-refractivity contribution is 5.92. The van der Waals surface area contributed by atoms with Gasteiger partial charge in [0.15, 0.2) is 0 Å². The van der Waals surface area contributed by atoms with Gasteiger partial charge in [-0.05, 0) is 24.6 Å². The van der Waals surface area contributed by atoms with Crippen LogP contribution in [-0.4, -0.2) is 15.5 Å². The van der Waals surface area contributed by atoms with Crippen LogP contribution in [0.3, 0.4) is 0 Å². The highest BCUT2D eigenvalue weighted by Gasteiger charge is 2.11. The number of benzene rings is 1. The molecule has 1 heterocycles. The van der Waals surface area contributed by atoms with Gasteiger partial charge in [0.05, 0.1) is 5.69 Å². The number of aromatic nitrogens is 2. The Labute approximate surface area is 104 Å². The predicted octanol–water partition coefficient (Wildman–Crippen LogP) is 2.06. The number of amides is 1. The third-order valence-corrected chi connectivity index (χ3v) is 2.68. The number of imidazole rings is 1. The van der Waals surface area contributed by atoms with Gasteiger partial charge in [-0.15, -0.1) is 0 Å². The van der Waals surface area contributed by atoms with Gasteiger partial charge in [-0.3, -0.25) is 4.79 Å². The van der Waals surface area contributed by atoms with E-state index in [0.29, 0.717) is 5.69 Å². The number of rotatable bonds is 4. The van der Waals surface area contributed by atoms with E-state index in [9.17, 15) is 9.18 Å². The van der Waals surface area contributed by atoms with E-state index in [0.717, 1.165) is 24.7 Å². The minimum Gasteiger partial charge on any atom is -0.366 e. The van der Waals surface area contributed by atoms with Gasteiger partial charge in [-0.25, -0.2) is 9.37 Å². The molecule has 1 aromatic carbocycles. The lowest BCUT2D eigenvalue weighted by Crippen LogP contribution is -2.12. The Morgan fingerprint density at radius 1 is 1.50 bits per heavy atom. The molecule has 0 saturated carbocycles. The summed E-state index contributed by atoms with van der Waals surface area (Å²) in [6.45, 7) is 2.03. The maximum absolute atomic E-state index is 13.9. The number of carbonyl (C=O) groups is 1. The van der Waals surface area contributed by atoms with Gasteiger partial charge >= 0.3 is 0 Å². The third kappa shape index (κ3) is 2.25. The molecule has 0 unspecified atom stereocenters. The van der Waals surface area contributed by atoms with Crippen LogP contribution in [-0.2, 0) is 6.42 Å². The van der Waals surface area contributed by atoms with Crippen molar-refractivity contribution in [2.75, 3.05) is 0 Å². The topological polar surface area (TPSA) is 60.9 Å². The predicted molar refractivity (Wildman–Crippen MR) is 66.0 cm³/mol. The molecule has 0 aliphatic heterocycles. The van der Waals surface area contributed by atoms with Crippen molar-refractivity contribution in [3.8, 4) is 5.69 Å². The van der Waals surface area contributed by atoms with Crippen LogP contribution in [0.2, 0.25) is 0 Å². The maximum atomic E-state index is 13.9. The molecular formula is C13H14FN3O. The monoisotopic (exact) mass is 247 g/mol. The fraction of sp³-hybridized carbons (Fsp3) is 0.231. The van der Waals surface area contributed by atoms with Crippen LogP contribution >= 0.6 is 0 Å². The van der Waals surface area contributed by atoms with E-state index in [2.05, 4.69) is 4.98 Å². The van der Waals surface area contributed by atoms with Crippen molar-refractivity contribution < 1.29 is 9.18 Å². The molecule has 0 bridgehead atoms. The van der Waals surface area contributed by atoms with Gasteiger partial charge in [-0.2, -0.15) is 0 Å². The largest absolute Gasteiger partial charge is 0.366 e. The van der Waals surface area contributed by atoms with Crippen LogP contribution in [0.15, 0.2) is 30.6 Å². The highest BCUT2D eigenvalue weighted by atomic mass is 19.1. The first kappa shape index (κ1) is 12.3. The van der Waals surface area contributed by atoms with Gasteiger partial charge in [0.1, 0.15) is 11.6 Å². The first-order valence-corrected chi connectivity index (χ1v) is 5.75. The lowest BCUT2D eigenvalue weighted by atomic mass is 10.2. The van der Waals surface area contributed by atoms with Gasteiger partial charge in [0, 0.05) is 24.4 Å². The van der Waals surface area contributed by atoms with Crippen LogP contribution in [0, 0.1) is 5.82 Å². The second-order valence-electron chi connectivity index (χ2n) is 3.99. The standard InChI is InChI=1S/C13H14FN3O/c1-2-3-12-16-6-7-17(12)11-5-4-9(13(15)18)8-10(11)14/h4-8H,2-3H2,1H3,(H2,15,18). The zero-order valence-corrected chi connectivity index (χ0v) is 10.1. The molecule has 2 rings (SSSR count). The quantitative estimate of drug-likeness (QED) is 0.899. The van der Waals surface area contributed by atoms with E-state index in [4.69, 9.17) is 5.73 Å². The summed E-state index contributed by atoms with van der Waals surface area (Å²) in [6, 6.07) is 4.19. The van der Waals surface area contributed by atoms with Gasteiger partial charge in [0.25, 0.3) is 0 Å². The van der Waals surface area contributed by atoms with Crippen molar-refractivity contribution in [2.24, 2.45) is 5.73 Å². The van der Waals surface area contributed by atoms with E-state index in [1.54, 1.807) is 17.0 Å². The summed E-state index contributed by atoms with van der Waals surface area (Å²) >= 11 is 0. The van der Waals surface area contributed by atoms with Gasteiger partial charge in [0.2, 0.25) is 5.91 Å². The molecule has 18 heavy (non-hydrogen) atoms. The summed E-state index contributed by atoms with van der Waals surface area (Å²) in [4.78, 5) is 15.1. The molecule has 0 spiro atoms. The maximum Gasteiger partial charge on any atom is 0.248 e. The van der Waals surface area contributed by atoms with E-state index >= 15 is 0 Å². The fourth-order valence-corrected chi connectivity index (χ4v) is 1.82. The molecule has 0 saturated heterocycles. The summed E-state index contributed by atoms with van der Waals surface area (Å²) in [5.41, 5.74) is 5.64. The Morgan fingerprint density at radius 3 is 2.89 bits per heavy atom. The zero-order valence-electron chi connectivity index (χ0n) is 10.1. The second-order valence-corrected chi connectivity index (χ2v) is 3.99. The Kier molecular flexibility index (Phi) is 3.41. The molecule has 1 aromatic heterocycles. The summed E-state index contributed by atoms with van der Waals surface area (Å²) in [5.74, 6) is -0.329. The molecule has 0 radical (unpaired) electrons. The van der Waals surface area contributed by atoms with Crippen molar-refractivity contribution >= 4 is 5.91 Å². The molecule has 2 aromatic rings. The zero-order chi connectivity index (χ0) is 13.1. The molecule has 0 fully saturated rings. The number of aryl methyl sites for hydroxylation is 1. The Morgan fingerprint density at radius 2 is 2.28 bits per heavy atom. The average molecular weight is 247 g/mol. The summed E-state index contributed by atoms with van der Waals surface area (Å²) in [5, 5.41) is 0. The molecule has 1 amide bonds. The van der Waals surface area contributed by atoms with Gasteiger partial charge in [-0.1, -0.05) is 6.92 Å². The van der Waals surface area contributed by atoms with Gasteiger partial charge < -0.3 is 10.3 Å². The van der Waals surface area contributed by atoms with Crippen molar-refractivity contribution in [3.05, 3.63) is 47.8 Å². The normalized spacial score (nSPS) is 10.6. The number of halogens is 1. The molecular weight excluding hydrogens is 233 g/mol. The lowest BCUT2D eigenvalue weighted by molar-refractivity contribution is 0.1000. The molecule has 4 nitrogen and oxygen atoms in total. The number of hydrogen-bond acceptors (Lipinski definition) is 2. The van der Waals surface area contributed by atoms with E-state index in [1.165, 1.54) is 12.1 Å². The van der Waals surface area contributed by atoms with Crippen LogP contribution in [0.4, 0.5) is 4.39 Å². The SMILES string of the molecule is CCCc1nccn1-c1ccc(C(N)=O)cc1F. The summed E-state index contributed by atoms with van der Waals surface area (Å²) in [6.07, 6.45) is 5.03. The Balaban J connectivity index is 2.44. The summed E-state index contributed by atoms with van der Waals surface area (Å²) in [7, 11) is 0. The Bertz CT molecular complexity index is 577. The molecule has 2 N–H and O–H groups in total. The van der Waals surface area contributed by atoms with Crippen molar-refractivity contribution in [1.82, 2.24) is 9.55 Å². The number of nitrogens with two attached hydrogens (primary N) is 1. The van der Waals surface area contributed by atoms with Crippen molar-refractivity contribution in [3.63, 3.8) is 0 Å². The summed E-state index contributed by atoms with van der Waals surface area (Å²) < 4.78 is 15.6. The fourth-order valence-electron chi connectivity index (χ4n) is 1.82. The number of carbonyl (C=O) groups excluding carboxylic acids is 1. The lowest BCUT2D eigenvalue weighted by Gasteiger charge is -2.09. The number of hydrogen-bond donors (Lipinski definition) is 1. The Hall–Kier alpha value is -2.17. The average Bonchev–Trinajstić information content (AvgIpc) is 2.77. The van der Waals surface area contributed by atoms with Crippen LogP contribution in [0.5, 0.6) is 0 Å². The van der Waals surface area contributed by atoms with Crippen molar-refractivity contribution in [1.29, 1.82) is 0 Å². The number of nitrogens with zero attached hydrogens (tertiary/aromatic N) is 2. The molecule has 94 valence electrons. The first-order chi connectivity index (χ1) is 8.63.